The number of alkyl halides is 1. The first-order chi connectivity index (χ1) is 7.20. The van der Waals surface area contributed by atoms with E-state index >= 15 is 0 Å². The second-order valence-corrected chi connectivity index (χ2v) is 4.40. The Morgan fingerprint density at radius 2 is 2.33 bits per heavy atom. The van der Waals surface area contributed by atoms with Crippen molar-refractivity contribution in [2.45, 2.75) is 38.8 Å². The van der Waals surface area contributed by atoms with Crippen LogP contribution in [0.4, 0.5) is 0 Å². The highest BCUT2D eigenvalue weighted by Crippen LogP contribution is 2.10. The molecule has 1 N–H and O–H groups in total. The van der Waals surface area contributed by atoms with Crippen LogP contribution in [0.5, 0.6) is 0 Å². The molecule has 15 heavy (non-hydrogen) atoms. The average Bonchev–Trinajstić information content (AvgIpc) is 2.77. The fourth-order valence-corrected chi connectivity index (χ4v) is 1.62. The molecule has 3 nitrogen and oxygen atoms in total. The Balaban J connectivity index is 2.16. The Bertz CT molecular complexity index is 255. The highest BCUT2D eigenvalue weighted by atomic mass is 35.5. The third kappa shape index (κ3) is 4.22. The number of aryl methyl sites for hydroxylation is 1. The zero-order valence-corrected chi connectivity index (χ0v) is 10.3. The van der Waals surface area contributed by atoms with Gasteiger partial charge in [-0.3, -0.25) is 0 Å². The molecular weight excluding hydrogens is 210 g/mol. The number of nitrogens with zero attached hydrogens (tertiary/aromatic N) is 2. The van der Waals surface area contributed by atoms with Crippen molar-refractivity contribution in [1.29, 1.82) is 0 Å². The quantitative estimate of drug-likeness (QED) is 0.574. The van der Waals surface area contributed by atoms with E-state index in [1.54, 1.807) is 0 Å². The SMILES string of the molecule is CCC(C)(CCl)NCCCn1ccnc1. The molecule has 1 aromatic heterocycles. The van der Waals surface area contributed by atoms with E-state index in [0.717, 1.165) is 25.9 Å². The Kier molecular flexibility index (Phi) is 5.12. The topological polar surface area (TPSA) is 29.9 Å². The lowest BCUT2D eigenvalue weighted by Crippen LogP contribution is -2.44. The molecule has 86 valence electrons. The van der Waals surface area contributed by atoms with Gasteiger partial charge in [-0.2, -0.15) is 0 Å². The highest BCUT2D eigenvalue weighted by molar-refractivity contribution is 6.18. The molecule has 1 heterocycles. The third-order valence-electron chi connectivity index (χ3n) is 2.78. The molecule has 1 atom stereocenters. The van der Waals surface area contributed by atoms with Crippen LogP contribution in [-0.4, -0.2) is 27.5 Å². The molecule has 0 aliphatic heterocycles. The van der Waals surface area contributed by atoms with Gasteiger partial charge in [0.1, 0.15) is 0 Å². The van der Waals surface area contributed by atoms with E-state index in [4.69, 9.17) is 11.6 Å². The van der Waals surface area contributed by atoms with E-state index in [0.29, 0.717) is 5.88 Å². The smallest absolute Gasteiger partial charge is 0.0945 e. The molecule has 0 fully saturated rings. The molecule has 0 bridgehead atoms. The standard InChI is InChI=1S/C11H20ClN3/c1-3-11(2,9-12)14-5-4-7-15-8-6-13-10-15/h6,8,10,14H,3-5,7,9H2,1-2H3. The highest BCUT2D eigenvalue weighted by Gasteiger charge is 2.18. The summed E-state index contributed by atoms with van der Waals surface area (Å²) in [7, 11) is 0. The van der Waals surface area contributed by atoms with Crippen molar-refractivity contribution in [3.8, 4) is 0 Å². The van der Waals surface area contributed by atoms with Crippen molar-refractivity contribution in [1.82, 2.24) is 14.9 Å². The van der Waals surface area contributed by atoms with Crippen LogP contribution in [0.15, 0.2) is 18.7 Å². The summed E-state index contributed by atoms with van der Waals surface area (Å²) in [5.41, 5.74) is 0.0799. The number of aromatic nitrogens is 2. The minimum absolute atomic E-state index is 0.0799. The summed E-state index contributed by atoms with van der Waals surface area (Å²) < 4.78 is 2.09. The number of hydrogen-bond donors (Lipinski definition) is 1. The Hall–Kier alpha value is -0.540. The molecular formula is C11H20ClN3. The number of nitrogens with one attached hydrogen (secondary N) is 1. The number of hydrogen-bond acceptors (Lipinski definition) is 2. The summed E-state index contributed by atoms with van der Waals surface area (Å²) in [6.45, 7) is 6.33. The molecule has 0 aliphatic carbocycles. The lowest BCUT2D eigenvalue weighted by Gasteiger charge is -2.27. The number of imidazole rings is 1. The zero-order chi connectivity index (χ0) is 11.1. The maximum Gasteiger partial charge on any atom is 0.0945 e. The predicted molar refractivity (Wildman–Crippen MR) is 64.3 cm³/mol. The van der Waals surface area contributed by atoms with Crippen LogP contribution in [0, 0.1) is 0 Å². The first-order valence-electron chi connectivity index (χ1n) is 5.47. The summed E-state index contributed by atoms with van der Waals surface area (Å²) >= 11 is 5.91. The molecule has 0 radical (unpaired) electrons. The molecule has 0 saturated heterocycles. The second kappa shape index (κ2) is 6.13. The van der Waals surface area contributed by atoms with Crippen LogP contribution in [0.25, 0.3) is 0 Å². The molecule has 4 heteroatoms. The van der Waals surface area contributed by atoms with Gasteiger partial charge in [-0.15, -0.1) is 11.6 Å². The maximum absolute atomic E-state index is 5.91. The largest absolute Gasteiger partial charge is 0.337 e. The van der Waals surface area contributed by atoms with Crippen molar-refractivity contribution in [2.75, 3.05) is 12.4 Å². The zero-order valence-electron chi connectivity index (χ0n) is 9.54. The van der Waals surface area contributed by atoms with Gasteiger partial charge in [0.25, 0.3) is 0 Å². The maximum atomic E-state index is 5.91. The van der Waals surface area contributed by atoms with E-state index in [1.165, 1.54) is 0 Å². The van der Waals surface area contributed by atoms with Crippen molar-refractivity contribution < 1.29 is 0 Å². The predicted octanol–water partition coefficient (Wildman–Crippen LogP) is 2.27. The summed E-state index contributed by atoms with van der Waals surface area (Å²) in [6, 6.07) is 0. The van der Waals surface area contributed by atoms with Crippen LogP contribution >= 0.6 is 11.6 Å². The molecule has 1 unspecified atom stereocenters. The van der Waals surface area contributed by atoms with Gasteiger partial charge < -0.3 is 9.88 Å². The molecule has 0 amide bonds. The number of rotatable bonds is 7. The molecule has 0 aromatic carbocycles. The van der Waals surface area contributed by atoms with Gasteiger partial charge in [0.2, 0.25) is 0 Å². The second-order valence-electron chi connectivity index (χ2n) is 4.13. The molecule has 0 aliphatic rings. The van der Waals surface area contributed by atoms with Gasteiger partial charge in [0, 0.05) is 30.4 Å². The van der Waals surface area contributed by atoms with E-state index in [9.17, 15) is 0 Å². The lowest BCUT2D eigenvalue weighted by atomic mass is 10.0. The summed E-state index contributed by atoms with van der Waals surface area (Å²) in [5, 5.41) is 3.49. The van der Waals surface area contributed by atoms with Crippen LogP contribution in [0.2, 0.25) is 0 Å². The minimum Gasteiger partial charge on any atom is -0.337 e. The Morgan fingerprint density at radius 1 is 1.53 bits per heavy atom. The molecule has 0 spiro atoms. The Morgan fingerprint density at radius 3 is 2.87 bits per heavy atom. The van der Waals surface area contributed by atoms with Crippen molar-refractivity contribution in [3.63, 3.8) is 0 Å². The van der Waals surface area contributed by atoms with Gasteiger partial charge in [-0.1, -0.05) is 6.92 Å². The average molecular weight is 230 g/mol. The van der Waals surface area contributed by atoms with Gasteiger partial charge in [-0.25, -0.2) is 4.98 Å². The molecule has 0 saturated carbocycles. The van der Waals surface area contributed by atoms with E-state index < -0.39 is 0 Å². The van der Waals surface area contributed by atoms with Crippen LogP contribution in [0.3, 0.4) is 0 Å². The van der Waals surface area contributed by atoms with Gasteiger partial charge in [0.05, 0.1) is 6.33 Å². The Labute approximate surface area is 96.8 Å². The summed E-state index contributed by atoms with van der Waals surface area (Å²) in [5.74, 6) is 0.661. The van der Waals surface area contributed by atoms with Crippen LogP contribution in [0.1, 0.15) is 26.7 Å². The fraction of sp³-hybridized carbons (Fsp3) is 0.727. The number of halogens is 1. The lowest BCUT2D eigenvalue weighted by molar-refractivity contribution is 0.374. The van der Waals surface area contributed by atoms with E-state index in [-0.39, 0.29) is 5.54 Å². The van der Waals surface area contributed by atoms with Crippen molar-refractivity contribution in [2.24, 2.45) is 0 Å². The van der Waals surface area contributed by atoms with Crippen molar-refractivity contribution >= 4 is 11.6 Å². The normalized spacial score (nSPS) is 15.1. The monoisotopic (exact) mass is 229 g/mol. The summed E-state index contributed by atoms with van der Waals surface area (Å²) in [6.07, 6.45) is 7.80. The summed E-state index contributed by atoms with van der Waals surface area (Å²) in [4.78, 5) is 4.00. The van der Waals surface area contributed by atoms with Gasteiger partial charge in [-0.05, 0) is 26.3 Å². The van der Waals surface area contributed by atoms with E-state index in [2.05, 4.69) is 28.7 Å². The van der Waals surface area contributed by atoms with E-state index in [1.807, 2.05) is 18.7 Å². The molecule has 1 aromatic rings. The van der Waals surface area contributed by atoms with Crippen LogP contribution in [-0.2, 0) is 6.54 Å². The third-order valence-corrected chi connectivity index (χ3v) is 3.37. The first kappa shape index (κ1) is 12.5. The molecule has 1 rings (SSSR count). The first-order valence-corrected chi connectivity index (χ1v) is 6.00. The van der Waals surface area contributed by atoms with Crippen molar-refractivity contribution in [3.05, 3.63) is 18.7 Å². The van der Waals surface area contributed by atoms with Gasteiger partial charge >= 0.3 is 0 Å². The van der Waals surface area contributed by atoms with Gasteiger partial charge in [0.15, 0.2) is 0 Å². The minimum atomic E-state index is 0.0799. The van der Waals surface area contributed by atoms with Crippen LogP contribution < -0.4 is 5.32 Å². The fourth-order valence-electron chi connectivity index (χ4n) is 1.34.